The largest absolute Gasteiger partial charge is 0.507 e. The van der Waals surface area contributed by atoms with E-state index in [2.05, 4.69) is 5.32 Å². The summed E-state index contributed by atoms with van der Waals surface area (Å²) in [5.41, 5.74) is 0.888. The van der Waals surface area contributed by atoms with Crippen molar-refractivity contribution in [2.75, 3.05) is 0 Å². The number of hydrogen-bond acceptors (Lipinski definition) is 3. The molecule has 0 aliphatic rings. The first-order valence-corrected chi connectivity index (χ1v) is 4.75. The predicted molar refractivity (Wildman–Crippen MR) is 57.4 cm³/mol. The van der Waals surface area contributed by atoms with E-state index in [0.29, 0.717) is 0 Å². The molecule has 5 heteroatoms. The highest BCUT2D eigenvalue weighted by molar-refractivity contribution is 5.98. The van der Waals surface area contributed by atoms with Crippen molar-refractivity contribution >= 4 is 11.9 Å². The van der Waals surface area contributed by atoms with Crippen LogP contribution in [0.2, 0.25) is 0 Å². The Morgan fingerprint density at radius 2 is 2.00 bits per heavy atom. The number of carboxylic acids is 1. The van der Waals surface area contributed by atoms with Crippen LogP contribution < -0.4 is 5.32 Å². The number of aromatic hydroxyl groups is 1. The third-order valence-corrected chi connectivity index (χ3v) is 2.12. The van der Waals surface area contributed by atoms with Crippen molar-refractivity contribution in [3.8, 4) is 5.75 Å². The third-order valence-electron chi connectivity index (χ3n) is 2.12. The standard InChI is InChI=1S/C11H13NO4/c1-6-3-4-8(9(13)5-6)10(14)12-7(2)11(15)16/h3-5,7,13H,1-2H3,(H,12,14)(H,15,16)/t7-/m0/s1. The van der Waals surface area contributed by atoms with Crippen LogP contribution in [0, 0.1) is 6.92 Å². The van der Waals surface area contributed by atoms with Gasteiger partial charge in [-0.25, -0.2) is 0 Å². The molecule has 0 fully saturated rings. The molecule has 0 heterocycles. The number of nitrogens with one attached hydrogen (secondary N) is 1. The number of carbonyl (C=O) groups excluding carboxylic acids is 1. The second-order valence-electron chi connectivity index (χ2n) is 3.55. The third kappa shape index (κ3) is 2.73. The first-order valence-electron chi connectivity index (χ1n) is 4.75. The lowest BCUT2D eigenvalue weighted by atomic mass is 10.1. The van der Waals surface area contributed by atoms with Crippen molar-refractivity contribution in [2.24, 2.45) is 0 Å². The number of hydrogen-bond donors (Lipinski definition) is 3. The second kappa shape index (κ2) is 4.65. The van der Waals surface area contributed by atoms with E-state index < -0.39 is 17.9 Å². The average Bonchev–Trinajstić information content (AvgIpc) is 2.16. The van der Waals surface area contributed by atoms with Gasteiger partial charge in [-0.1, -0.05) is 6.07 Å². The van der Waals surface area contributed by atoms with Crippen LogP contribution in [-0.2, 0) is 4.79 Å². The minimum atomic E-state index is -1.13. The van der Waals surface area contributed by atoms with Gasteiger partial charge in [0.25, 0.3) is 5.91 Å². The van der Waals surface area contributed by atoms with Crippen LogP contribution in [0.1, 0.15) is 22.8 Å². The molecule has 5 nitrogen and oxygen atoms in total. The molecule has 0 saturated heterocycles. The number of phenols is 1. The maximum absolute atomic E-state index is 11.6. The summed E-state index contributed by atoms with van der Waals surface area (Å²) in [7, 11) is 0. The van der Waals surface area contributed by atoms with Crippen molar-refractivity contribution in [3.63, 3.8) is 0 Å². The van der Waals surface area contributed by atoms with E-state index in [1.54, 1.807) is 13.0 Å². The number of aryl methyl sites for hydroxylation is 1. The molecule has 0 spiro atoms. The highest BCUT2D eigenvalue weighted by Gasteiger charge is 2.17. The molecule has 1 aromatic carbocycles. The molecule has 1 amide bonds. The lowest BCUT2D eigenvalue weighted by molar-refractivity contribution is -0.138. The quantitative estimate of drug-likeness (QED) is 0.710. The summed E-state index contributed by atoms with van der Waals surface area (Å²) >= 11 is 0. The maximum Gasteiger partial charge on any atom is 0.325 e. The number of rotatable bonds is 3. The Hall–Kier alpha value is -2.04. The van der Waals surface area contributed by atoms with Crippen LogP contribution >= 0.6 is 0 Å². The summed E-state index contributed by atoms with van der Waals surface area (Å²) in [6.07, 6.45) is 0. The summed E-state index contributed by atoms with van der Waals surface area (Å²) < 4.78 is 0. The number of amides is 1. The van der Waals surface area contributed by atoms with Crippen molar-refractivity contribution in [1.82, 2.24) is 5.32 Å². The maximum atomic E-state index is 11.6. The molecule has 1 rings (SSSR count). The highest BCUT2D eigenvalue weighted by Crippen LogP contribution is 2.18. The van der Waals surface area contributed by atoms with E-state index in [0.717, 1.165) is 5.56 Å². The minimum absolute atomic E-state index is 0.0682. The molecule has 0 bridgehead atoms. The Labute approximate surface area is 92.7 Å². The zero-order valence-corrected chi connectivity index (χ0v) is 9.02. The Morgan fingerprint density at radius 1 is 1.38 bits per heavy atom. The lowest BCUT2D eigenvalue weighted by Gasteiger charge is -2.10. The van der Waals surface area contributed by atoms with Gasteiger partial charge in [-0.05, 0) is 31.5 Å². The van der Waals surface area contributed by atoms with Crippen LogP contribution in [0.15, 0.2) is 18.2 Å². The summed E-state index contributed by atoms with van der Waals surface area (Å²) in [6.45, 7) is 3.13. The molecule has 1 atom stereocenters. The van der Waals surface area contributed by atoms with Gasteiger partial charge in [0.05, 0.1) is 5.56 Å². The van der Waals surface area contributed by atoms with Crippen molar-refractivity contribution in [2.45, 2.75) is 19.9 Å². The average molecular weight is 223 g/mol. The van der Waals surface area contributed by atoms with E-state index >= 15 is 0 Å². The zero-order chi connectivity index (χ0) is 12.3. The number of phenolic OH excluding ortho intramolecular Hbond substituents is 1. The number of carboxylic acid groups (broad SMARTS) is 1. The Balaban J connectivity index is 2.85. The van der Waals surface area contributed by atoms with E-state index in [4.69, 9.17) is 5.11 Å². The fourth-order valence-corrected chi connectivity index (χ4v) is 1.17. The van der Waals surface area contributed by atoms with Crippen LogP contribution in [0.4, 0.5) is 0 Å². The fraction of sp³-hybridized carbons (Fsp3) is 0.273. The zero-order valence-electron chi connectivity index (χ0n) is 9.02. The molecule has 0 saturated carbocycles. The van der Waals surface area contributed by atoms with Gasteiger partial charge >= 0.3 is 5.97 Å². The number of carbonyl (C=O) groups is 2. The van der Waals surface area contributed by atoms with E-state index in [9.17, 15) is 14.7 Å². The summed E-state index contributed by atoms with van der Waals surface area (Å²) in [4.78, 5) is 22.1. The monoisotopic (exact) mass is 223 g/mol. The van der Waals surface area contributed by atoms with Gasteiger partial charge in [0, 0.05) is 0 Å². The molecule has 0 radical (unpaired) electrons. The predicted octanol–water partition coefficient (Wildman–Crippen LogP) is 0.904. The van der Waals surface area contributed by atoms with Crippen molar-refractivity contribution in [1.29, 1.82) is 0 Å². The SMILES string of the molecule is Cc1ccc(C(=O)N[C@@H](C)C(=O)O)c(O)c1. The number of benzene rings is 1. The Kier molecular flexibility index (Phi) is 3.50. The molecule has 1 aromatic rings. The van der Waals surface area contributed by atoms with Gasteiger partial charge < -0.3 is 15.5 Å². The molecule has 0 aliphatic heterocycles. The van der Waals surface area contributed by atoms with Gasteiger partial charge in [0.1, 0.15) is 11.8 Å². The first-order chi connectivity index (χ1) is 7.41. The normalized spacial score (nSPS) is 11.9. The molecule has 0 unspecified atom stereocenters. The van der Waals surface area contributed by atoms with Gasteiger partial charge in [-0.15, -0.1) is 0 Å². The fourth-order valence-electron chi connectivity index (χ4n) is 1.17. The molecule has 86 valence electrons. The van der Waals surface area contributed by atoms with Crippen LogP contribution in [0.25, 0.3) is 0 Å². The van der Waals surface area contributed by atoms with Crippen molar-refractivity contribution in [3.05, 3.63) is 29.3 Å². The van der Waals surface area contributed by atoms with Gasteiger partial charge in [0.15, 0.2) is 0 Å². The smallest absolute Gasteiger partial charge is 0.325 e. The van der Waals surface area contributed by atoms with E-state index in [1.807, 2.05) is 0 Å². The second-order valence-corrected chi connectivity index (χ2v) is 3.55. The van der Waals surface area contributed by atoms with Crippen LogP contribution in [0.5, 0.6) is 5.75 Å². The van der Waals surface area contributed by atoms with Crippen molar-refractivity contribution < 1.29 is 19.8 Å². The van der Waals surface area contributed by atoms with E-state index in [-0.39, 0.29) is 11.3 Å². The molecule has 3 N–H and O–H groups in total. The molecule has 16 heavy (non-hydrogen) atoms. The summed E-state index contributed by atoms with van der Waals surface area (Å²) in [5, 5.41) is 20.4. The van der Waals surface area contributed by atoms with Crippen LogP contribution in [-0.4, -0.2) is 28.1 Å². The molecule has 0 aromatic heterocycles. The van der Waals surface area contributed by atoms with Gasteiger partial charge in [-0.3, -0.25) is 9.59 Å². The first kappa shape index (κ1) is 12.0. The van der Waals surface area contributed by atoms with Crippen LogP contribution in [0.3, 0.4) is 0 Å². The Bertz CT molecular complexity index is 428. The summed E-state index contributed by atoms with van der Waals surface area (Å²) in [5.74, 6) is -1.89. The molecular formula is C11H13NO4. The molecular weight excluding hydrogens is 210 g/mol. The number of aliphatic carboxylic acids is 1. The summed E-state index contributed by atoms with van der Waals surface area (Å²) in [6, 6.07) is 3.57. The topological polar surface area (TPSA) is 86.6 Å². The lowest BCUT2D eigenvalue weighted by Crippen LogP contribution is -2.38. The molecule has 0 aliphatic carbocycles. The van der Waals surface area contributed by atoms with E-state index in [1.165, 1.54) is 19.1 Å². The minimum Gasteiger partial charge on any atom is -0.507 e. The van der Waals surface area contributed by atoms with Gasteiger partial charge in [-0.2, -0.15) is 0 Å². The van der Waals surface area contributed by atoms with Gasteiger partial charge in [0.2, 0.25) is 0 Å². The highest BCUT2D eigenvalue weighted by atomic mass is 16.4. The Morgan fingerprint density at radius 3 is 2.50 bits per heavy atom.